The smallest absolute Gasteiger partial charge is 0.292 e. The van der Waals surface area contributed by atoms with E-state index in [0.29, 0.717) is 10.7 Å². The van der Waals surface area contributed by atoms with E-state index in [9.17, 15) is 10.1 Å². The molecule has 1 N–H and O–H groups in total. The van der Waals surface area contributed by atoms with Crippen LogP contribution in [-0.4, -0.2) is 4.92 Å². The van der Waals surface area contributed by atoms with Gasteiger partial charge in [-0.15, -0.1) is 11.3 Å². The van der Waals surface area contributed by atoms with Crippen LogP contribution in [0.5, 0.6) is 0 Å². The lowest BCUT2D eigenvalue weighted by Gasteiger charge is -2.14. The molecule has 2 aromatic rings. The predicted octanol–water partition coefficient (Wildman–Crippen LogP) is 5.25. The summed E-state index contributed by atoms with van der Waals surface area (Å²) in [4.78, 5) is 11.6. The van der Waals surface area contributed by atoms with Crippen molar-refractivity contribution in [2.24, 2.45) is 0 Å². The largest absolute Gasteiger partial charge is 0.372 e. The van der Waals surface area contributed by atoms with Crippen molar-refractivity contribution in [2.45, 2.75) is 13.0 Å². The van der Waals surface area contributed by atoms with Gasteiger partial charge in [0.1, 0.15) is 5.69 Å². The first-order valence-corrected chi connectivity index (χ1v) is 7.42. The van der Waals surface area contributed by atoms with Crippen molar-refractivity contribution < 1.29 is 4.92 Å². The van der Waals surface area contributed by atoms with Crippen molar-refractivity contribution in [3.63, 3.8) is 0 Å². The van der Waals surface area contributed by atoms with Crippen molar-refractivity contribution in [3.05, 3.63) is 54.1 Å². The summed E-state index contributed by atoms with van der Waals surface area (Å²) >= 11 is 10.9. The second-order valence-electron chi connectivity index (χ2n) is 3.93. The molecule has 1 heterocycles. The molecule has 4 nitrogen and oxygen atoms in total. The van der Waals surface area contributed by atoms with Gasteiger partial charge in [0.05, 0.1) is 14.8 Å². The van der Waals surface area contributed by atoms with Crippen LogP contribution in [0.25, 0.3) is 0 Å². The molecule has 7 heteroatoms. The number of nitro benzene ring substituents is 1. The van der Waals surface area contributed by atoms with E-state index >= 15 is 0 Å². The second-order valence-corrected chi connectivity index (χ2v) is 6.86. The van der Waals surface area contributed by atoms with Crippen LogP contribution in [0.4, 0.5) is 11.4 Å². The number of nitrogens with one attached hydrogen (secondary N) is 1. The highest BCUT2D eigenvalue weighted by molar-refractivity contribution is 9.11. The van der Waals surface area contributed by atoms with Crippen molar-refractivity contribution in [2.75, 3.05) is 5.32 Å². The van der Waals surface area contributed by atoms with Crippen molar-refractivity contribution in [1.82, 2.24) is 0 Å². The van der Waals surface area contributed by atoms with Gasteiger partial charge in [0.15, 0.2) is 0 Å². The van der Waals surface area contributed by atoms with Gasteiger partial charge in [-0.05, 0) is 47.1 Å². The molecule has 1 unspecified atom stereocenters. The summed E-state index contributed by atoms with van der Waals surface area (Å²) in [7, 11) is 0. The lowest BCUT2D eigenvalue weighted by Crippen LogP contribution is -2.06. The fourth-order valence-corrected chi connectivity index (χ4v) is 3.25. The van der Waals surface area contributed by atoms with Crippen molar-refractivity contribution in [1.29, 1.82) is 0 Å². The number of rotatable bonds is 4. The Morgan fingerprint density at radius 1 is 1.42 bits per heavy atom. The van der Waals surface area contributed by atoms with E-state index in [4.69, 9.17) is 11.6 Å². The SMILES string of the molecule is CC(Nc1cc(Cl)ccc1[N+](=O)[O-])c1ccc(Br)s1. The number of halogens is 2. The summed E-state index contributed by atoms with van der Waals surface area (Å²) < 4.78 is 1.02. The zero-order valence-electron chi connectivity index (χ0n) is 9.89. The van der Waals surface area contributed by atoms with Gasteiger partial charge in [-0.1, -0.05) is 11.6 Å². The number of anilines is 1. The molecule has 0 radical (unpaired) electrons. The summed E-state index contributed by atoms with van der Waals surface area (Å²) in [5.41, 5.74) is 0.446. The van der Waals surface area contributed by atoms with Gasteiger partial charge in [-0.2, -0.15) is 0 Å². The summed E-state index contributed by atoms with van der Waals surface area (Å²) in [6, 6.07) is 8.37. The second kappa shape index (κ2) is 5.90. The van der Waals surface area contributed by atoms with Gasteiger partial charge in [0, 0.05) is 16.0 Å². The quantitative estimate of drug-likeness (QED) is 0.598. The molecule has 0 saturated carbocycles. The summed E-state index contributed by atoms with van der Waals surface area (Å²) in [6.07, 6.45) is 0. The van der Waals surface area contributed by atoms with Crippen LogP contribution >= 0.6 is 38.9 Å². The molecule has 1 atom stereocenters. The number of nitrogens with zero attached hydrogens (tertiary/aromatic N) is 1. The Kier molecular flexibility index (Phi) is 4.44. The lowest BCUT2D eigenvalue weighted by molar-refractivity contribution is -0.384. The minimum Gasteiger partial charge on any atom is -0.372 e. The molecule has 1 aromatic carbocycles. The van der Waals surface area contributed by atoms with E-state index < -0.39 is 4.92 Å². The highest BCUT2D eigenvalue weighted by Crippen LogP contribution is 2.33. The Labute approximate surface area is 127 Å². The van der Waals surface area contributed by atoms with Crippen LogP contribution in [0, 0.1) is 10.1 Å². The van der Waals surface area contributed by atoms with Gasteiger partial charge in [-0.3, -0.25) is 10.1 Å². The van der Waals surface area contributed by atoms with Crippen LogP contribution in [0.1, 0.15) is 17.8 Å². The van der Waals surface area contributed by atoms with Gasteiger partial charge in [0.2, 0.25) is 0 Å². The summed E-state index contributed by atoms with van der Waals surface area (Å²) in [6.45, 7) is 1.95. The fraction of sp³-hybridized carbons (Fsp3) is 0.167. The van der Waals surface area contributed by atoms with Crippen LogP contribution < -0.4 is 5.32 Å². The van der Waals surface area contributed by atoms with E-state index in [1.165, 1.54) is 12.1 Å². The Morgan fingerprint density at radius 2 is 2.16 bits per heavy atom. The van der Waals surface area contributed by atoms with Gasteiger partial charge in [-0.25, -0.2) is 0 Å². The molecule has 0 aliphatic carbocycles. The lowest BCUT2D eigenvalue weighted by atomic mass is 10.2. The Bertz CT molecular complexity index is 618. The minimum atomic E-state index is -0.421. The molecule has 19 heavy (non-hydrogen) atoms. The third kappa shape index (κ3) is 3.46. The monoisotopic (exact) mass is 360 g/mol. The minimum absolute atomic E-state index is 0.0203. The molecule has 0 aliphatic heterocycles. The summed E-state index contributed by atoms with van der Waals surface area (Å²) in [5.74, 6) is 0. The average Bonchev–Trinajstić information content (AvgIpc) is 2.75. The van der Waals surface area contributed by atoms with Gasteiger partial charge in [0.25, 0.3) is 5.69 Å². The number of nitro groups is 1. The predicted molar refractivity (Wildman–Crippen MR) is 82.2 cm³/mol. The zero-order chi connectivity index (χ0) is 14.0. The van der Waals surface area contributed by atoms with Crippen LogP contribution in [0.3, 0.4) is 0 Å². The standard InChI is InChI=1S/C12H10BrClN2O2S/c1-7(11-4-5-12(13)19-11)15-9-6-8(14)2-3-10(9)16(17)18/h2-7,15H,1H3. The van der Waals surface area contributed by atoms with Gasteiger partial charge < -0.3 is 5.32 Å². The van der Waals surface area contributed by atoms with E-state index in [2.05, 4.69) is 21.2 Å². The first-order valence-electron chi connectivity index (χ1n) is 5.43. The number of hydrogen-bond donors (Lipinski definition) is 1. The van der Waals surface area contributed by atoms with Gasteiger partial charge >= 0.3 is 0 Å². The van der Waals surface area contributed by atoms with Crippen molar-refractivity contribution in [3.8, 4) is 0 Å². The zero-order valence-corrected chi connectivity index (χ0v) is 13.1. The molecule has 1 aromatic heterocycles. The Balaban J connectivity index is 2.27. The normalized spacial score (nSPS) is 12.2. The Hall–Kier alpha value is -1.11. The molecular weight excluding hydrogens is 352 g/mol. The average molecular weight is 362 g/mol. The molecule has 2 rings (SSSR count). The van der Waals surface area contributed by atoms with Crippen LogP contribution in [0.2, 0.25) is 5.02 Å². The molecule has 0 aliphatic rings. The maximum absolute atomic E-state index is 11.0. The first-order chi connectivity index (χ1) is 8.97. The molecule has 0 saturated heterocycles. The molecular formula is C12H10BrClN2O2S. The molecule has 0 amide bonds. The molecule has 0 bridgehead atoms. The topological polar surface area (TPSA) is 55.2 Å². The first kappa shape index (κ1) is 14.3. The van der Waals surface area contributed by atoms with Crippen LogP contribution in [0.15, 0.2) is 34.1 Å². The molecule has 0 fully saturated rings. The van der Waals surface area contributed by atoms with E-state index in [-0.39, 0.29) is 11.7 Å². The number of hydrogen-bond acceptors (Lipinski definition) is 4. The summed E-state index contributed by atoms with van der Waals surface area (Å²) in [5, 5.41) is 14.6. The fourth-order valence-electron chi connectivity index (χ4n) is 1.65. The van der Waals surface area contributed by atoms with Crippen LogP contribution in [-0.2, 0) is 0 Å². The highest BCUT2D eigenvalue weighted by Gasteiger charge is 2.17. The Morgan fingerprint density at radius 3 is 2.74 bits per heavy atom. The van der Waals surface area contributed by atoms with E-state index in [1.807, 2.05) is 19.1 Å². The van der Waals surface area contributed by atoms with E-state index in [1.54, 1.807) is 17.4 Å². The maximum Gasteiger partial charge on any atom is 0.292 e. The van der Waals surface area contributed by atoms with Crippen molar-refractivity contribution >= 4 is 50.2 Å². The molecule has 100 valence electrons. The highest BCUT2D eigenvalue weighted by atomic mass is 79.9. The van der Waals surface area contributed by atoms with E-state index in [0.717, 1.165) is 8.66 Å². The molecule has 0 spiro atoms. The number of thiophene rings is 1. The third-order valence-electron chi connectivity index (χ3n) is 2.55. The number of benzene rings is 1. The maximum atomic E-state index is 11.0. The third-order valence-corrected chi connectivity index (χ3v) is 4.59.